The van der Waals surface area contributed by atoms with Gasteiger partial charge < -0.3 is 4.90 Å². The lowest BCUT2D eigenvalue weighted by Gasteiger charge is -2.35. The molecule has 2 unspecified atom stereocenters. The normalized spacial score (nSPS) is 22.6. The average molecular weight is 291 g/mol. The monoisotopic (exact) mass is 291 g/mol. The zero-order valence-corrected chi connectivity index (χ0v) is 12.7. The van der Waals surface area contributed by atoms with E-state index in [-0.39, 0.29) is 17.7 Å². The molecule has 1 aliphatic heterocycles. The summed E-state index contributed by atoms with van der Waals surface area (Å²) < 4.78 is 24.1. The van der Waals surface area contributed by atoms with E-state index in [2.05, 4.69) is 4.72 Å². The Bertz CT molecular complexity index is 408. The number of nitrogens with two attached hydrogens (primary N) is 1. The number of rotatable bonds is 5. The Balaban J connectivity index is 2.52. The highest BCUT2D eigenvalue weighted by Gasteiger charge is 2.28. The number of carbonyl (C=O) groups excluding carboxylic acids is 1. The van der Waals surface area contributed by atoms with E-state index in [0.29, 0.717) is 19.0 Å². The minimum Gasteiger partial charge on any atom is -0.342 e. The maximum Gasteiger partial charge on any atom is 0.274 e. The minimum atomic E-state index is -3.64. The van der Waals surface area contributed by atoms with Crippen LogP contribution < -0.4 is 9.86 Å². The molecule has 0 radical (unpaired) electrons. The Morgan fingerprint density at radius 2 is 2.05 bits per heavy atom. The van der Waals surface area contributed by atoms with Crippen molar-refractivity contribution in [3.8, 4) is 0 Å². The van der Waals surface area contributed by atoms with Crippen LogP contribution in [-0.2, 0) is 15.0 Å². The molecule has 0 bridgehead atoms. The van der Waals surface area contributed by atoms with Gasteiger partial charge in [0.05, 0.1) is 0 Å². The van der Waals surface area contributed by atoms with Crippen molar-refractivity contribution in [2.45, 2.75) is 33.6 Å². The molecule has 0 aliphatic carbocycles. The smallest absolute Gasteiger partial charge is 0.274 e. The van der Waals surface area contributed by atoms with Crippen molar-refractivity contribution in [3.63, 3.8) is 0 Å². The number of hydrogen-bond donors (Lipinski definition) is 2. The molecule has 1 heterocycles. The number of amides is 1. The van der Waals surface area contributed by atoms with Gasteiger partial charge in [0.25, 0.3) is 10.2 Å². The van der Waals surface area contributed by atoms with Crippen molar-refractivity contribution >= 4 is 16.1 Å². The van der Waals surface area contributed by atoms with Crippen LogP contribution in [0.2, 0.25) is 0 Å². The Kier molecular flexibility index (Phi) is 5.76. The lowest BCUT2D eigenvalue weighted by atomic mass is 9.93. The highest BCUT2D eigenvalue weighted by Crippen LogP contribution is 2.20. The summed E-state index contributed by atoms with van der Waals surface area (Å²) in [7, 11) is -3.64. The number of piperidine rings is 1. The molecule has 1 fully saturated rings. The van der Waals surface area contributed by atoms with Gasteiger partial charge in [-0.15, -0.1) is 0 Å². The molecule has 19 heavy (non-hydrogen) atoms. The van der Waals surface area contributed by atoms with Gasteiger partial charge in [-0.05, 0) is 24.7 Å². The third kappa shape index (κ3) is 5.46. The molecular weight excluding hydrogens is 266 g/mol. The van der Waals surface area contributed by atoms with Crippen LogP contribution in [0.15, 0.2) is 0 Å². The van der Waals surface area contributed by atoms with Crippen LogP contribution in [0.25, 0.3) is 0 Å². The maximum atomic E-state index is 12.2. The number of carbonyl (C=O) groups is 1. The van der Waals surface area contributed by atoms with Crippen LogP contribution in [0.1, 0.15) is 33.6 Å². The zero-order chi connectivity index (χ0) is 14.6. The van der Waals surface area contributed by atoms with Crippen molar-refractivity contribution in [2.75, 3.05) is 19.6 Å². The van der Waals surface area contributed by atoms with Crippen LogP contribution in [0.4, 0.5) is 0 Å². The molecule has 0 saturated carbocycles. The van der Waals surface area contributed by atoms with Gasteiger partial charge in [0.15, 0.2) is 0 Å². The highest BCUT2D eigenvalue weighted by atomic mass is 32.2. The Hall–Kier alpha value is -0.660. The van der Waals surface area contributed by atoms with E-state index in [1.165, 1.54) is 0 Å². The fraction of sp³-hybridized carbons (Fsp3) is 0.917. The Labute approximate surface area is 115 Å². The molecule has 1 aliphatic rings. The van der Waals surface area contributed by atoms with Gasteiger partial charge in [-0.1, -0.05) is 20.8 Å². The molecule has 0 aromatic heterocycles. The predicted octanol–water partition coefficient (Wildman–Crippen LogP) is 0.310. The molecule has 0 aromatic carbocycles. The molecule has 2 atom stereocenters. The maximum absolute atomic E-state index is 12.2. The lowest BCUT2D eigenvalue weighted by molar-refractivity contribution is -0.138. The molecule has 7 heteroatoms. The van der Waals surface area contributed by atoms with Gasteiger partial charge in [-0.2, -0.15) is 8.42 Å². The van der Waals surface area contributed by atoms with Gasteiger partial charge in [-0.3, -0.25) is 4.79 Å². The minimum absolute atomic E-state index is 0.00458. The van der Waals surface area contributed by atoms with Crippen LogP contribution in [-0.4, -0.2) is 38.9 Å². The summed E-state index contributed by atoms with van der Waals surface area (Å²) in [5.74, 6) is 0.631. The third-order valence-corrected chi connectivity index (χ3v) is 4.36. The molecule has 3 N–H and O–H groups in total. The van der Waals surface area contributed by atoms with Crippen LogP contribution in [0.5, 0.6) is 0 Å². The van der Waals surface area contributed by atoms with E-state index in [0.717, 1.165) is 19.4 Å². The standard InChI is InChI=1S/C12H25N3O3S/c1-9(2)10(3)12(16)15-6-4-5-11(8-15)7-14-19(13,17)18/h9-11,14H,4-8H2,1-3H3,(H2,13,17,18). The van der Waals surface area contributed by atoms with E-state index >= 15 is 0 Å². The van der Waals surface area contributed by atoms with Crippen LogP contribution in [0.3, 0.4) is 0 Å². The van der Waals surface area contributed by atoms with Crippen LogP contribution >= 0.6 is 0 Å². The number of likely N-dealkylation sites (tertiary alicyclic amines) is 1. The predicted molar refractivity (Wildman–Crippen MR) is 74.4 cm³/mol. The van der Waals surface area contributed by atoms with E-state index < -0.39 is 10.2 Å². The van der Waals surface area contributed by atoms with Gasteiger partial charge in [-0.25, -0.2) is 9.86 Å². The first kappa shape index (κ1) is 16.4. The largest absolute Gasteiger partial charge is 0.342 e. The first-order valence-electron chi connectivity index (χ1n) is 6.77. The molecule has 6 nitrogen and oxygen atoms in total. The van der Waals surface area contributed by atoms with Gasteiger partial charge in [0, 0.05) is 25.6 Å². The fourth-order valence-corrected chi connectivity index (χ4v) is 2.71. The van der Waals surface area contributed by atoms with E-state index in [4.69, 9.17) is 5.14 Å². The SMILES string of the molecule is CC(C)C(C)C(=O)N1CCCC(CNS(N)(=O)=O)C1. The molecule has 0 aromatic rings. The summed E-state index contributed by atoms with van der Waals surface area (Å²) in [6.45, 7) is 7.69. The molecular formula is C12H25N3O3S. The summed E-state index contributed by atoms with van der Waals surface area (Å²) in [6.07, 6.45) is 1.83. The van der Waals surface area contributed by atoms with Crippen molar-refractivity contribution in [1.29, 1.82) is 0 Å². The second kappa shape index (κ2) is 6.67. The van der Waals surface area contributed by atoms with Crippen molar-refractivity contribution in [2.24, 2.45) is 22.9 Å². The Morgan fingerprint density at radius 3 is 2.58 bits per heavy atom. The number of nitrogens with zero attached hydrogens (tertiary/aromatic N) is 1. The van der Waals surface area contributed by atoms with Gasteiger partial charge in [0.2, 0.25) is 5.91 Å². The first-order valence-corrected chi connectivity index (χ1v) is 8.31. The zero-order valence-electron chi connectivity index (χ0n) is 11.9. The summed E-state index contributed by atoms with van der Waals surface area (Å²) in [4.78, 5) is 14.1. The van der Waals surface area contributed by atoms with Crippen molar-refractivity contribution in [3.05, 3.63) is 0 Å². The summed E-state index contributed by atoms with van der Waals surface area (Å²) in [6, 6.07) is 0. The topological polar surface area (TPSA) is 92.5 Å². The number of nitrogens with one attached hydrogen (secondary N) is 1. The second-order valence-corrected chi connectivity index (χ2v) is 7.10. The molecule has 0 spiro atoms. The molecule has 112 valence electrons. The van der Waals surface area contributed by atoms with E-state index in [1.54, 1.807) is 0 Å². The van der Waals surface area contributed by atoms with Gasteiger partial charge >= 0.3 is 0 Å². The molecule has 1 saturated heterocycles. The summed E-state index contributed by atoms with van der Waals surface area (Å²) in [5.41, 5.74) is 0. The second-order valence-electron chi connectivity index (χ2n) is 5.72. The quantitative estimate of drug-likeness (QED) is 0.763. The summed E-state index contributed by atoms with van der Waals surface area (Å²) >= 11 is 0. The molecule has 1 rings (SSSR count). The summed E-state index contributed by atoms with van der Waals surface area (Å²) in [5, 5.41) is 4.92. The lowest BCUT2D eigenvalue weighted by Crippen LogP contribution is -2.46. The van der Waals surface area contributed by atoms with Crippen molar-refractivity contribution in [1.82, 2.24) is 9.62 Å². The Morgan fingerprint density at radius 1 is 1.42 bits per heavy atom. The van der Waals surface area contributed by atoms with Crippen molar-refractivity contribution < 1.29 is 13.2 Å². The average Bonchev–Trinajstić information content (AvgIpc) is 2.34. The number of hydrogen-bond acceptors (Lipinski definition) is 3. The van der Waals surface area contributed by atoms with E-state index in [1.807, 2.05) is 25.7 Å². The first-order chi connectivity index (χ1) is 8.70. The van der Waals surface area contributed by atoms with Gasteiger partial charge in [0.1, 0.15) is 0 Å². The van der Waals surface area contributed by atoms with Crippen LogP contribution in [0, 0.1) is 17.8 Å². The molecule has 1 amide bonds. The fourth-order valence-electron chi connectivity index (χ4n) is 2.24. The van der Waals surface area contributed by atoms with E-state index in [9.17, 15) is 13.2 Å². The third-order valence-electron chi connectivity index (χ3n) is 3.79. The highest BCUT2D eigenvalue weighted by molar-refractivity contribution is 7.87.